The molecule has 0 aliphatic rings. The zero-order valence-corrected chi connectivity index (χ0v) is 13.4. The Morgan fingerprint density at radius 2 is 1.75 bits per heavy atom. The van der Waals surface area contributed by atoms with E-state index >= 15 is 0 Å². The van der Waals surface area contributed by atoms with Crippen molar-refractivity contribution < 1.29 is 5.11 Å². The summed E-state index contributed by atoms with van der Waals surface area (Å²) in [5.74, 6) is 0.558. The Morgan fingerprint density at radius 1 is 1.00 bits per heavy atom. The summed E-state index contributed by atoms with van der Waals surface area (Å²) in [6.07, 6.45) is 0. The minimum atomic E-state index is -0.365. The SMILES string of the molecule is CC(C)c1ccc(N=Nc2c(-c3cccc(O)c3)[nH][nH]c2=O)cc1. The molecule has 0 saturated carbocycles. The van der Waals surface area contributed by atoms with E-state index in [-0.39, 0.29) is 17.0 Å². The van der Waals surface area contributed by atoms with Gasteiger partial charge in [0.2, 0.25) is 0 Å². The summed E-state index contributed by atoms with van der Waals surface area (Å²) >= 11 is 0. The van der Waals surface area contributed by atoms with Gasteiger partial charge in [0.05, 0.1) is 11.4 Å². The van der Waals surface area contributed by atoms with Crippen LogP contribution >= 0.6 is 0 Å². The molecule has 0 aliphatic heterocycles. The van der Waals surface area contributed by atoms with Crippen LogP contribution in [0, 0.1) is 0 Å². The molecule has 3 aromatic rings. The van der Waals surface area contributed by atoms with Crippen LogP contribution in [0.1, 0.15) is 25.3 Å². The van der Waals surface area contributed by atoms with Gasteiger partial charge in [0.25, 0.3) is 5.56 Å². The van der Waals surface area contributed by atoms with Crippen LogP contribution in [0.4, 0.5) is 11.4 Å². The second kappa shape index (κ2) is 6.54. The maximum absolute atomic E-state index is 12.0. The van der Waals surface area contributed by atoms with E-state index in [9.17, 15) is 9.90 Å². The molecule has 3 rings (SSSR count). The van der Waals surface area contributed by atoms with Crippen LogP contribution < -0.4 is 5.56 Å². The first-order valence-electron chi connectivity index (χ1n) is 7.66. The maximum Gasteiger partial charge on any atom is 0.292 e. The number of hydrogen-bond donors (Lipinski definition) is 3. The molecule has 0 fully saturated rings. The van der Waals surface area contributed by atoms with Crippen molar-refractivity contribution >= 4 is 11.4 Å². The number of hydrogen-bond acceptors (Lipinski definition) is 4. The van der Waals surface area contributed by atoms with Crippen molar-refractivity contribution in [3.63, 3.8) is 0 Å². The number of phenols is 1. The molecule has 6 nitrogen and oxygen atoms in total. The lowest BCUT2D eigenvalue weighted by Gasteiger charge is -2.04. The van der Waals surface area contributed by atoms with Crippen molar-refractivity contribution in [3.05, 3.63) is 64.4 Å². The summed E-state index contributed by atoms with van der Waals surface area (Å²) in [6, 6.07) is 14.3. The highest BCUT2D eigenvalue weighted by Gasteiger charge is 2.12. The fourth-order valence-corrected chi connectivity index (χ4v) is 2.35. The molecule has 0 atom stereocenters. The Kier molecular flexibility index (Phi) is 4.29. The second-order valence-corrected chi connectivity index (χ2v) is 5.80. The Hall–Kier alpha value is -3.15. The Labute approximate surface area is 138 Å². The molecule has 0 aliphatic carbocycles. The summed E-state index contributed by atoms with van der Waals surface area (Å²) in [6.45, 7) is 4.24. The third-order valence-electron chi connectivity index (χ3n) is 3.71. The Bertz CT molecular complexity index is 921. The van der Waals surface area contributed by atoms with E-state index in [4.69, 9.17) is 0 Å². The van der Waals surface area contributed by atoms with Crippen LogP contribution in [0.25, 0.3) is 11.3 Å². The van der Waals surface area contributed by atoms with Crippen LogP contribution in [-0.2, 0) is 0 Å². The summed E-state index contributed by atoms with van der Waals surface area (Å²) < 4.78 is 0. The fourth-order valence-electron chi connectivity index (χ4n) is 2.35. The van der Waals surface area contributed by atoms with Gasteiger partial charge in [0, 0.05) is 5.56 Å². The van der Waals surface area contributed by atoms with Crippen molar-refractivity contribution in [1.82, 2.24) is 10.2 Å². The molecule has 0 amide bonds. The summed E-state index contributed by atoms with van der Waals surface area (Å²) in [4.78, 5) is 12.0. The molecular formula is C18H18N4O2. The standard InChI is InChI=1S/C18H18N4O2/c1-11(2)12-6-8-14(9-7-12)19-21-17-16(20-22-18(17)24)13-4-3-5-15(23)10-13/h3-11,23H,1-2H3,(H2,20,22,24). The third kappa shape index (κ3) is 3.27. The fraction of sp³-hybridized carbons (Fsp3) is 0.167. The highest BCUT2D eigenvalue weighted by atomic mass is 16.3. The molecule has 3 N–H and O–H groups in total. The van der Waals surface area contributed by atoms with Gasteiger partial charge in [-0.2, -0.15) is 5.11 Å². The first-order valence-corrected chi connectivity index (χ1v) is 7.66. The van der Waals surface area contributed by atoms with Gasteiger partial charge < -0.3 is 5.11 Å². The van der Waals surface area contributed by atoms with Crippen molar-refractivity contribution in [1.29, 1.82) is 0 Å². The van der Waals surface area contributed by atoms with Crippen LogP contribution in [-0.4, -0.2) is 15.3 Å². The van der Waals surface area contributed by atoms with Crippen LogP contribution in [0.3, 0.4) is 0 Å². The number of H-pyrrole nitrogens is 2. The summed E-state index contributed by atoms with van der Waals surface area (Å²) in [5, 5.41) is 23.1. The van der Waals surface area contributed by atoms with Crippen LogP contribution in [0.15, 0.2) is 63.6 Å². The molecule has 6 heteroatoms. The van der Waals surface area contributed by atoms with Gasteiger partial charge >= 0.3 is 0 Å². The van der Waals surface area contributed by atoms with Crippen LogP contribution in [0.5, 0.6) is 5.75 Å². The van der Waals surface area contributed by atoms with E-state index in [1.807, 2.05) is 24.3 Å². The average molecular weight is 322 g/mol. The topological polar surface area (TPSA) is 93.6 Å². The largest absolute Gasteiger partial charge is 0.508 e. The molecule has 0 radical (unpaired) electrons. The van der Waals surface area contributed by atoms with E-state index in [1.54, 1.807) is 24.3 Å². The molecule has 0 bridgehead atoms. The zero-order chi connectivity index (χ0) is 17.1. The quantitative estimate of drug-likeness (QED) is 0.612. The van der Waals surface area contributed by atoms with Gasteiger partial charge in [-0.3, -0.25) is 15.0 Å². The minimum absolute atomic E-state index is 0.113. The second-order valence-electron chi connectivity index (χ2n) is 5.80. The van der Waals surface area contributed by atoms with E-state index in [0.717, 1.165) is 0 Å². The molecule has 1 heterocycles. The van der Waals surface area contributed by atoms with Gasteiger partial charge in [-0.1, -0.05) is 38.1 Å². The van der Waals surface area contributed by atoms with Crippen molar-refractivity contribution in [2.24, 2.45) is 10.2 Å². The number of phenolic OH excluding ortho intramolecular Hbond substituents is 1. The van der Waals surface area contributed by atoms with Gasteiger partial charge in [0.1, 0.15) is 5.75 Å². The summed E-state index contributed by atoms with van der Waals surface area (Å²) in [5.41, 5.74) is 2.83. The van der Waals surface area contributed by atoms with E-state index in [1.165, 1.54) is 5.56 Å². The predicted molar refractivity (Wildman–Crippen MR) is 93.2 cm³/mol. The smallest absolute Gasteiger partial charge is 0.292 e. The van der Waals surface area contributed by atoms with Gasteiger partial charge in [-0.25, -0.2) is 0 Å². The summed E-state index contributed by atoms with van der Waals surface area (Å²) in [7, 11) is 0. The number of nitrogens with one attached hydrogen (secondary N) is 2. The zero-order valence-electron chi connectivity index (χ0n) is 13.4. The number of nitrogens with zero attached hydrogens (tertiary/aromatic N) is 2. The predicted octanol–water partition coefficient (Wildman–Crippen LogP) is 4.61. The molecule has 0 spiro atoms. The molecule has 24 heavy (non-hydrogen) atoms. The average Bonchev–Trinajstić information content (AvgIpc) is 2.94. The highest BCUT2D eigenvalue weighted by Crippen LogP contribution is 2.28. The van der Waals surface area contributed by atoms with Gasteiger partial charge in [-0.05, 0) is 35.7 Å². The van der Waals surface area contributed by atoms with E-state index in [2.05, 4.69) is 34.3 Å². The molecule has 2 aromatic carbocycles. The number of azo groups is 1. The van der Waals surface area contributed by atoms with Gasteiger partial charge in [-0.15, -0.1) is 5.11 Å². The normalized spacial score (nSPS) is 11.5. The number of benzene rings is 2. The molecule has 0 saturated heterocycles. The van der Waals surface area contributed by atoms with Crippen molar-refractivity contribution in [2.45, 2.75) is 19.8 Å². The highest BCUT2D eigenvalue weighted by molar-refractivity contribution is 5.72. The van der Waals surface area contributed by atoms with Gasteiger partial charge in [0.15, 0.2) is 5.69 Å². The van der Waals surface area contributed by atoms with E-state index < -0.39 is 0 Å². The van der Waals surface area contributed by atoms with Crippen molar-refractivity contribution in [2.75, 3.05) is 0 Å². The molecule has 122 valence electrons. The number of aromatic nitrogens is 2. The van der Waals surface area contributed by atoms with E-state index in [0.29, 0.717) is 22.9 Å². The lowest BCUT2D eigenvalue weighted by atomic mass is 10.0. The Balaban J connectivity index is 1.93. The van der Waals surface area contributed by atoms with Crippen LogP contribution in [0.2, 0.25) is 0 Å². The minimum Gasteiger partial charge on any atom is -0.508 e. The Morgan fingerprint density at radius 3 is 2.42 bits per heavy atom. The number of aromatic amines is 2. The molecule has 1 aromatic heterocycles. The molecular weight excluding hydrogens is 304 g/mol. The van der Waals surface area contributed by atoms with Crippen molar-refractivity contribution in [3.8, 4) is 17.0 Å². The monoisotopic (exact) mass is 322 g/mol. The first-order chi connectivity index (χ1) is 11.5. The third-order valence-corrected chi connectivity index (χ3v) is 3.71. The lowest BCUT2D eigenvalue weighted by Crippen LogP contribution is -1.96. The number of aromatic hydroxyl groups is 1. The lowest BCUT2D eigenvalue weighted by molar-refractivity contribution is 0.475. The number of rotatable bonds is 4. The molecule has 0 unspecified atom stereocenters. The maximum atomic E-state index is 12.0. The first kappa shape index (κ1) is 15.7.